The lowest BCUT2D eigenvalue weighted by atomic mass is 10.1. The average Bonchev–Trinajstić information content (AvgIpc) is 2.26. The molecule has 17 heavy (non-hydrogen) atoms. The molecular weight excluding hydrogens is 220 g/mol. The molecule has 1 heterocycles. The molecule has 2 N–H and O–H groups in total. The second kappa shape index (κ2) is 5.14. The van der Waals surface area contributed by atoms with Crippen LogP contribution in [0.25, 0.3) is 0 Å². The van der Waals surface area contributed by atoms with Crippen LogP contribution < -0.4 is 5.32 Å². The number of anilines is 1. The van der Waals surface area contributed by atoms with Crippen LogP contribution in [0.1, 0.15) is 29.9 Å². The minimum atomic E-state index is -0.954. The number of aromatic carboxylic acids is 1. The second-order valence-corrected chi connectivity index (χ2v) is 4.50. The van der Waals surface area contributed by atoms with Gasteiger partial charge in [-0.1, -0.05) is 0 Å². The third kappa shape index (κ3) is 4.03. The first-order valence-electron chi connectivity index (χ1n) is 5.35. The number of aryl methyl sites for hydroxylation is 1. The van der Waals surface area contributed by atoms with Crippen LogP contribution in [-0.2, 0) is 4.74 Å². The molecule has 0 amide bonds. The minimum Gasteiger partial charge on any atom is -0.478 e. The first-order chi connectivity index (χ1) is 7.84. The average molecular weight is 238 g/mol. The fraction of sp³-hybridized carbons (Fsp3) is 0.500. The molecule has 0 spiro atoms. The normalized spacial score (nSPS) is 11.3. The van der Waals surface area contributed by atoms with Gasteiger partial charge in [-0.15, -0.1) is 0 Å². The number of methoxy groups -OCH3 is 1. The van der Waals surface area contributed by atoms with Crippen LogP contribution in [0.2, 0.25) is 0 Å². The fourth-order valence-corrected chi connectivity index (χ4v) is 1.26. The van der Waals surface area contributed by atoms with E-state index in [4.69, 9.17) is 9.84 Å². The smallest absolute Gasteiger partial charge is 0.335 e. The lowest BCUT2D eigenvalue weighted by molar-refractivity contribution is 0.0343. The Kier molecular flexibility index (Phi) is 4.07. The van der Waals surface area contributed by atoms with E-state index >= 15 is 0 Å². The summed E-state index contributed by atoms with van der Waals surface area (Å²) in [5, 5.41) is 12.0. The van der Waals surface area contributed by atoms with E-state index in [0.717, 1.165) is 0 Å². The number of carboxylic acids is 1. The lowest BCUT2D eigenvalue weighted by Gasteiger charge is -2.23. The Labute approximate surface area is 101 Å². The molecule has 0 radical (unpaired) electrons. The van der Waals surface area contributed by atoms with Crippen molar-refractivity contribution in [2.45, 2.75) is 26.4 Å². The van der Waals surface area contributed by atoms with Crippen LogP contribution in [-0.4, -0.2) is 35.3 Å². The van der Waals surface area contributed by atoms with Crippen molar-refractivity contribution in [2.24, 2.45) is 0 Å². The summed E-state index contributed by atoms with van der Waals surface area (Å²) in [6.45, 7) is 6.19. The largest absolute Gasteiger partial charge is 0.478 e. The van der Waals surface area contributed by atoms with E-state index in [1.54, 1.807) is 14.0 Å². The van der Waals surface area contributed by atoms with Gasteiger partial charge < -0.3 is 15.2 Å². The summed E-state index contributed by atoms with van der Waals surface area (Å²) in [7, 11) is 1.63. The number of ether oxygens (including phenoxy) is 1. The molecule has 1 aromatic heterocycles. The molecule has 0 atom stereocenters. The van der Waals surface area contributed by atoms with E-state index in [0.29, 0.717) is 18.1 Å². The van der Waals surface area contributed by atoms with Gasteiger partial charge in [-0.2, -0.15) is 0 Å². The van der Waals surface area contributed by atoms with E-state index in [1.165, 1.54) is 12.1 Å². The van der Waals surface area contributed by atoms with E-state index in [9.17, 15) is 4.79 Å². The molecule has 0 fully saturated rings. The highest BCUT2D eigenvalue weighted by molar-refractivity contribution is 5.88. The highest BCUT2D eigenvalue weighted by atomic mass is 16.5. The number of nitrogens with zero attached hydrogens (tertiary/aromatic N) is 1. The highest BCUT2D eigenvalue weighted by Gasteiger charge is 2.16. The van der Waals surface area contributed by atoms with Gasteiger partial charge >= 0.3 is 5.97 Å². The summed E-state index contributed by atoms with van der Waals surface area (Å²) in [6.07, 6.45) is 0. The molecule has 0 aliphatic carbocycles. The Hall–Kier alpha value is -1.62. The summed E-state index contributed by atoms with van der Waals surface area (Å²) < 4.78 is 5.26. The molecular formula is C12H18N2O3. The highest BCUT2D eigenvalue weighted by Crippen LogP contribution is 2.13. The van der Waals surface area contributed by atoms with Crippen molar-refractivity contribution in [3.8, 4) is 0 Å². The molecule has 0 bridgehead atoms. The minimum absolute atomic E-state index is 0.232. The van der Waals surface area contributed by atoms with Crippen molar-refractivity contribution < 1.29 is 14.6 Å². The van der Waals surface area contributed by atoms with Gasteiger partial charge in [-0.05, 0) is 32.9 Å². The number of pyridine rings is 1. The molecule has 1 aromatic rings. The van der Waals surface area contributed by atoms with E-state index in [1.807, 2.05) is 13.8 Å². The molecule has 0 aliphatic heterocycles. The summed E-state index contributed by atoms with van der Waals surface area (Å²) in [4.78, 5) is 15.1. The first-order valence-corrected chi connectivity index (χ1v) is 5.35. The van der Waals surface area contributed by atoms with Gasteiger partial charge in [-0.25, -0.2) is 9.78 Å². The topological polar surface area (TPSA) is 71.5 Å². The molecule has 0 saturated heterocycles. The Balaban J connectivity index is 2.81. The number of nitrogens with one attached hydrogen (secondary N) is 1. The first kappa shape index (κ1) is 13.4. The molecule has 0 aromatic carbocycles. The fourth-order valence-electron chi connectivity index (χ4n) is 1.26. The van der Waals surface area contributed by atoms with Gasteiger partial charge in [0.25, 0.3) is 0 Å². The molecule has 0 saturated carbocycles. The standard InChI is InChI=1S/C12H18N2O3/c1-8-5-9(11(15)16)6-10(14-8)13-7-12(2,3)17-4/h5-6H,7H2,1-4H3,(H,13,14)(H,15,16). The van der Waals surface area contributed by atoms with Gasteiger partial charge in [0.05, 0.1) is 11.2 Å². The lowest BCUT2D eigenvalue weighted by Crippen LogP contribution is -2.32. The maximum absolute atomic E-state index is 10.9. The van der Waals surface area contributed by atoms with Crippen molar-refractivity contribution >= 4 is 11.8 Å². The van der Waals surface area contributed by atoms with Crippen LogP contribution in [0.4, 0.5) is 5.82 Å². The van der Waals surface area contributed by atoms with Crippen LogP contribution in [0, 0.1) is 6.92 Å². The Bertz CT molecular complexity index is 416. The van der Waals surface area contributed by atoms with Crippen molar-refractivity contribution in [3.63, 3.8) is 0 Å². The third-order valence-electron chi connectivity index (χ3n) is 2.45. The van der Waals surface area contributed by atoms with Gasteiger partial charge in [0.15, 0.2) is 0 Å². The predicted molar refractivity (Wildman–Crippen MR) is 65.5 cm³/mol. The van der Waals surface area contributed by atoms with Crippen molar-refractivity contribution in [1.29, 1.82) is 0 Å². The van der Waals surface area contributed by atoms with Gasteiger partial charge in [0.2, 0.25) is 0 Å². The van der Waals surface area contributed by atoms with Crippen LogP contribution in [0.15, 0.2) is 12.1 Å². The molecule has 94 valence electrons. The number of hydrogen-bond acceptors (Lipinski definition) is 4. The Morgan fingerprint density at radius 1 is 1.53 bits per heavy atom. The number of carbonyl (C=O) groups is 1. The van der Waals surface area contributed by atoms with Gasteiger partial charge in [0.1, 0.15) is 5.82 Å². The van der Waals surface area contributed by atoms with Crippen LogP contribution in [0.3, 0.4) is 0 Å². The Morgan fingerprint density at radius 2 is 2.18 bits per heavy atom. The predicted octanol–water partition coefficient (Wildman–Crippen LogP) is 1.93. The summed E-state index contributed by atoms with van der Waals surface area (Å²) in [5.74, 6) is -0.405. The monoisotopic (exact) mass is 238 g/mol. The van der Waals surface area contributed by atoms with Crippen molar-refractivity contribution in [3.05, 3.63) is 23.4 Å². The van der Waals surface area contributed by atoms with Crippen LogP contribution in [0.5, 0.6) is 0 Å². The van der Waals surface area contributed by atoms with Crippen molar-refractivity contribution in [2.75, 3.05) is 19.0 Å². The van der Waals surface area contributed by atoms with Crippen molar-refractivity contribution in [1.82, 2.24) is 4.98 Å². The van der Waals surface area contributed by atoms with E-state index in [2.05, 4.69) is 10.3 Å². The quantitative estimate of drug-likeness (QED) is 0.820. The zero-order valence-corrected chi connectivity index (χ0v) is 10.6. The summed E-state index contributed by atoms with van der Waals surface area (Å²) in [5.41, 5.74) is 0.576. The number of aromatic nitrogens is 1. The second-order valence-electron chi connectivity index (χ2n) is 4.50. The molecule has 5 nitrogen and oxygen atoms in total. The molecule has 1 rings (SSSR count). The van der Waals surface area contributed by atoms with Gasteiger partial charge in [-0.3, -0.25) is 0 Å². The summed E-state index contributed by atoms with van der Waals surface area (Å²) in [6, 6.07) is 3.05. The molecule has 0 unspecified atom stereocenters. The SMILES string of the molecule is COC(C)(C)CNc1cc(C(=O)O)cc(C)n1. The zero-order chi connectivity index (χ0) is 13.1. The maximum atomic E-state index is 10.9. The van der Waals surface area contributed by atoms with E-state index < -0.39 is 5.97 Å². The zero-order valence-electron chi connectivity index (χ0n) is 10.6. The molecule has 5 heteroatoms. The van der Waals surface area contributed by atoms with Gasteiger partial charge in [0, 0.05) is 19.3 Å². The number of carboxylic acid groups (broad SMARTS) is 1. The number of rotatable bonds is 5. The number of hydrogen-bond donors (Lipinski definition) is 2. The third-order valence-corrected chi connectivity index (χ3v) is 2.45. The van der Waals surface area contributed by atoms with Crippen LogP contribution >= 0.6 is 0 Å². The molecule has 0 aliphatic rings. The summed E-state index contributed by atoms with van der Waals surface area (Å²) >= 11 is 0. The Morgan fingerprint density at radius 3 is 2.71 bits per heavy atom. The van der Waals surface area contributed by atoms with E-state index in [-0.39, 0.29) is 11.2 Å². The maximum Gasteiger partial charge on any atom is 0.335 e.